The first-order valence-electron chi connectivity index (χ1n) is 7.95. The van der Waals surface area contributed by atoms with E-state index in [1.807, 2.05) is 25.4 Å². The molecule has 0 bridgehead atoms. The van der Waals surface area contributed by atoms with Crippen LogP contribution in [0, 0.1) is 0 Å². The molecule has 1 N–H and O–H groups in total. The van der Waals surface area contributed by atoms with Gasteiger partial charge in [-0.15, -0.1) is 0 Å². The molecule has 1 aliphatic rings. The quantitative estimate of drug-likeness (QED) is 0.739. The number of hydrogen-bond acceptors (Lipinski definition) is 6. The minimum absolute atomic E-state index is 0.236. The van der Waals surface area contributed by atoms with Gasteiger partial charge in [-0.2, -0.15) is 5.10 Å². The number of benzene rings is 1. The molecule has 1 aromatic carbocycles. The van der Waals surface area contributed by atoms with Gasteiger partial charge in [-0.1, -0.05) is 17.3 Å². The fourth-order valence-corrected chi connectivity index (χ4v) is 4.47. The highest BCUT2D eigenvalue weighted by Crippen LogP contribution is 2.29. The van der Waals surface area contributed by atoms with Crippen molar-refractivity contribution in [2.45, 2.75) is 24.3 Å². The summed E-state index contributed by atoms with van der Waals surface area (Å²) in [6, 6.07) is 6.88. The van der Waals surface area contributed by atoms with E-state index in [9.17, 15) is 8.42 Å². The van der Waals surface area contributed by atoms with Gasteiger partial charge in [-0.3, -0.25) is 4.68 Å². The molecular formula is C16H18N4O4S. The number of hydrogen-bond donors (Lipinski definition) is 1. The van der Waals surface area contributed by atoms with Gasteiger partial charge in [0.2, 0.25) is 10.0 Å². The minimum atomic E-state index is -3.59. The molecule has 0 spiro atoms. The number of sulfonamides is 1. The third-order valence-electron chi connectivity index (χ3n) is 4.25. The SMILES string of the molecule is Cn1cc([C@H]2OCC[C@@H]2NS(=O)(=O)Cc2noc3ccccc23)cn1. The van der Waals surface area contributed by atoms with Crippen LogP contribution in [0.2, 0.25) is 0 Å². The second kappa shape index (κ2) is 6.25. The summed E-state index contributed by atoms with van der Waals surface area (Å²) in [5.74, 6) is -0.236. The fourth-order valence-electron chi connectivity index (χ4n) is 3.12. The lowest BCUT2D eigenvalue weighted by atomic mass is 10.1. The fraction of sp³-hybridized carbons (Fsp3) is 0.375. The number of ether oxygens (including phenoxy) is 1. The van der Waals surface area contributed by atoms with Crippen LogP contribution in [0.3, 0.4) is 0 Å². The molecule has 0 radical (unpaired) electrons. The monoisotopic (exact) mass is 362 g/mol. The van der Waals surface area contributed by atoms with Crippen molar-refractivity contribution in [2.75, 3.05) is 6.61 Å². The second-order valence-corrected chi connectivity index (χ2v) is 7.89. The van der Waals surface area contributed by atoms with Crippen molar-refractivity contribution in [3.8, 4) is 0 Å². The van der Waals surface area contributed by atoms with E-state index in [0.29, 0.717) is 29.7 Å². The smallest absolute Gasteiger partial charge is 0.217 e. The molecule has 25 heavy (non-hydrogen) atoms. The predicted octanol–water partition coefficient (Wildman–Crippen LogP) is 1.51. The maximum atomic E-state index is 12.6. The van der Waals surface area contributed by atoms with Crippen LogP contribution in [-0.2, 0) is 27.6 Å². The molecule has 2 atom stereocenters. The van der Waals surface area contributed by atoms with E-state index < -0.39 is 10.0 Å². The van der Waals surface area contributed by atoms with E-state index in [1.54, 1.807) is 23.0 Å². The van der Waals surface area contributed by atoms with E-state index in [2.05, 4.69) is 15.0 Å². The summed E-state index contributed by atoms with van der Waals surface area (Å²) in [5.41, 5.74) is 1.84. The van der Waals surface area contributed by atoms with Crippen LogP contribution in [0.1, 0.15) is 23.8 Å². The van der Waals surface area contributed by atoms with Crippen LogP contribution in [0.5, 0.6) is 0 Å². The van der Waals surface area contributed by atoms with Crippen LogP contribution in [0.25, 0.3) is 11.0 Å². The van der Waals surface area contributed by atoms with Crippen molar-refractivity contribution in [1.82, 2.24) is 19.7 Å². The number of aryl methyl sites for hydroxylation is 1. The second-order valence-electron chi connectivity index (χ2n) is 6.14. The Morgan fingerprint density at radius 2 is 2.20 bits per heavy atom. The van der Waals surface area contributed by atoms with E-state index in [0.717, 1.165) is 5.56 Å². The Labute approximate surface area is 144 Å². The van der Waals surface area contributed by atoms with Crippen molar-refractivity contribution in [2.24, 2.45) is 7.05 Å². The number of para-hydroxylation sites is 1. The van der Waals surface area contributed by atoms with Gasteiger partial charge in [-0.25, -0.2) is 13.1 Å². The van der Waals surface area contributed by atoms with E-state index >= 15 is 0 Å². The Morgan fingerprint density at radius 1 is 1.36 bits per heavy atom. The van der Waals surface area contributed by atoms with Crippen molar-refractivity contribution >= 4 is 21.0 Å². The molecule has 1 saturated heterocycles. The average molecular weight is 362 g/mol. The molecule has 1 aliphatic heterocycles. The topological polar surface area (TPSA) is 99.2 Å². The highest BCUT2D eigenvalue weighted by molar-refractivity contribution is 7.88. The average Bonchev–Trinajstić information content (AvgIpc) is 3.28. The zero-order chi connectivity index (χ0) is 17.4. The molecule has 9 heteroatoms. The highest BCUT2D eigenvalue weighted by Gasteiger charge is 2.34. The zero-order valence-electron chi connectivity index (χ0n) is 13.6. The molecule has 0 saturated carbocycles. The maximum absolute atomic E-state index is 12.6. The summed E-state index contributed by atoms with van der Waals surface area (Å²) in [5, 5.41) is 8.73. The summed E-state index contributed by atoms with van der Waals surface area (Å²) in [6.45, 7) is 0.500. The maximum Gasteiger partial charge on any atom is 0.217 e. The minimum Gasteiger partial charge on any atom is -0.372 e. The summed E-state index contributed by atoms with van der Waals surface area (Å²) in [4.78, 5) is 0. The normalized spacial score (nSPS) is 21.2. The molecule has 3 heterocycles. The number of nitrogens with one attached hydrogen (secondary N) is 1. The Kier molecular flexibility index (Phi) is 4.06. The lowest BCUT2D eigenvalue weighted by Crippen LogP contribution is -2.37. The molecule has 3 aromatic rings. The van der Waals surface area contributed by atoms with Gasteiger partial charge in [0.25, 0.3) is 0 Å². The number of rotatable bonds is 5. The third kappa shape index (κ3) is 3.30. The van der Waals surface area contributed by atoms with Crippen molar-refractivity contribution in [3.05, 3.63) is 47.9 Å². The van der Waals surface area contributed by atoms with Gasteiger partial charge in [0.15, 0.2) is 5.58 Å². The first-order valence-corrected chi connectivity index (χ1v) is 9.60. The van der Waals surface area contributed by atoms with Crippen molar-refractivity contribution in [3.63, 3.8) is 0 Å². The standard InChI is InChI=1S/C16H18N4O4S/c1-20-9-11(8-17-20)16-13(6-7-23-16)19-25(21,22)10-14-12-4-2-3-5-15(12)24-18-14/h2-5,8-9,13,16,19H,6-7,10H2,1H3/t13-,16+/m0/s1. The van der Waals surface area contributed by atoms with E-state index in [4.69, 9.17) is 9.26 Å². The van der Waals surface area contributed by atoms with Crippen LogP contribution in [0.4, 0.5) is 0 Å². The van der Waals surface area contributed by atoms with Gasteiger partial charge in [0.1, 0.15) is 17.6 Å². The first kappa shape index (κ1) is 16.2. The molecule has 0 unspecified atom stereocenters. The Hall–Kier alpha value is -2.23. The van der Waals surface area contributed by atoms with E-state index in [1.165, 1.54) is 0 Å². The number of fused-ring (bicyclic) bond motifs is 1. The van der Waals surface area contributed by atoms with Crippen LogP contribution in [0.15, 0.2) is 41.2 Å². The van der Waals surface area contributed by atoms with Gasteiger partial charge in [-0.05, 0) is 18.6 Å². The first-order chi connectivity index (χ1) is 12.0. The Morgan fingerprint density at radius 3 is 3.00 bits per heavy atom. The lowest BCUT2D eigenvalue weighted by Gasteiger charge is -2.18. The molecular weight excluding hydrogens is 344 g/mol. The largest absolute Gasteiger partial charge is 0.372 e. The molecule has 8 nitrogen and oxygen atoms in total. The summed E-state index contributed by atoms with van der Waals surface area (Å²) >= 11 is 0. The molecule has 132 valence electrons. The van der Waals surface area contributed by atoms with Gasteiger partial charge < -0.3 is 9.26 Å². The number of nitrogens with zero attached hydrogens (tertiary/aromatic N) is 3. The lowest BCUT2D eigenvalue weighted by molar-refractivity contribution is 0.102. The van der Waals surface area contributed by atoms with Gasteiger partial charge >= 0.3 is 0 Å². The van der Waals surface area contributed by atoms with Crippen LogP contribution in [-0.4, -0.2) is 36.0 Å². The van der Waals surface area contributed by atoms with Gasteiger partial charge in [0.05, 0.1) is 12.2 Å². The van der Waals surface area contributed by atoms with Crippen molar-refractivity contribution in [1.29, 1.82) is 0 Å². The van der Waals surface area contributed by atoms with Crippen molar-refractivity contribution < 1.29 is 17.7 Å². The van der Waals surface area contributed by atoms with Crippen LogP contribution < -0.4 is 4.72 Å². The molecule has 0 amide bonds. The summed E-state index contributed by atoms with van der Waals surface area (Å²) in [7, 11) is -1.78. The molecule has 2 aromatic heterocycles. The summed E-state index contributed by atoms with van der Waals surface area (Å²) in [6.07, 6.45) is 3.81. The molecule has 4 rings (SSSR count). The van der Waals surface area contributed by atoms with Crippen LogP contribution >= 0.6 is 0 Å². The zero-order valence-corrected chi connectivity index (χ0v) is 14.4. The van der Waals surface area contributed by atoms with E-state index in [-0.39, 0.29) is 17.9 Å². The Balaban J connectivity index is 1.52. The molecule has 1 fully saturated rings. The Bertz CT molecular complexity index is 994. The highest BCUT2D eigenvalue weighted by atomic mass is 32.2. The van der Waals surface area contributed by atoms with Gasteiger partial charge in [0, 0.05) is 30.8 Å². The predicted molar refractivity (Wildman–Crippen MR) is 90.1 cm³/mol. The summed E-state index contributed by atoms with van der Waals surface area (Å²) < 4.78 is 40.5. The molecule has 0 aliphatic carbocycles. The number of aromatic nitrogens is 3. The third-order valence-corrected chi connectivity index (χ3v) is 5.57.